The van der Waals surface area contributed by atoms with Crippen LogP contribution in [0.2, 0.25) is 0 Å². The van der Waals surface area contributed by atoms with Crippen molar-refractivity contribution in [3.8, 4) is 5.75 Å². The zero-order chi connectivity index (χ0) is 29.0. The third kappa shape index (κ3) is 9.51. The van der Waals surface area contributed by atoms with Gasteiger partial charge < -0.3 is 46.2 Å². The molecular formula is C27H43F2N5O6. The summed E-state index contributed by atoms with van der Waals surface area (Å²) >= 11 is 0. The molecule has 2 fully saturated rings. The van der Waals surface area contributed by atoms with Crippen LogP contribution in [0.5, 0.6) is 5.75 Å². The van der Waals surface area contributed by atoms with E-state index in [1.54, 1.807) is 4.90 Å². The Kier molecular flexibility index (Phi) is 12.8. The van der Waals surface area contributed by atoms with Gasteiger partial charge in [0, 0.05) is 56.3 Å². The molecule has 13 heteroatoms. The van der Waals surface area contributed by atoms with E-state index in [0.717, 1.165) is 50.9 Å². The summed E-state index contributed by atoms with van der Waals surface area (Å²) < 4.78 is 34.8. The molecule has 2 saturated heterocycles. The molecule has 1 aromatic rings. The Morgan fingerprint density at radius 3 is 2.30 bits per heavy atom. The van der Waals surface area contributed by atoms with Gasteiger partial charge in [0.1, 0.15) is 22.9 Å². The van der Waals surface area contributed by atoms with Gasteiger partial charge in [0.15, 0.2) is 0 Å². The SMILES string of the molecule is O=C(NCCNCC1CN(C(=O)Cc2c(F)cc(OCCCC3CCNCC3)cc2F)C1)NC(CO)(CO)CO. The Morgan fingerprint density at radius 1 is 1.02 bits per heavy atom. The van der Waals surface area contributed by atoms with Gasteiger partial charge in [-0.2, -0.15) is 0 Å². The maximum absolute atomic E-state index is 14.6. The maximum Gasteiger partial charge on any atom is 0.315 e. The Morgan fingerprint density at radius 2 is 1.68 bits per heavy atom. The average Bonchev–Trinajstić information content (AvgIpc) is 2.93. The standard InChI is InChI=1S/C27H43F2N5O6/c28-23-10-21(40-9-1-2-19-3-5-30-6-4-19)11-24(29)22(23)12-25(38)34-14-20(15-34)13-31-7-8-32-26(39)33-27(16-35,17-36)18-37/h10-11,19-20,30-31,35-37H,1-9,12-18H2,(H2,32,33,39). The first kappa shape index (κ1) is 31.9. The smallest absolute Gasteiger partial charge is 0.315 e. The van der Waals surface area contributed by atoms with Gasteiger partial charge in [-0.15, -0.1) is 0 Å². The van der Waals surface area contributed by atoms with Gasteiger partial charge in [-0.1, -0.05) is 0 Å². The number of hydrogen-bond donors (Lipinski definition) is 7. The van der Waals surface area contributed by atoms with Crippen LogP contribution in [-0.2, 0) is 11.2 Å². The van der Waals surface area contributed by atoms with E-state index in [-0.39, 0.29) is 36.1 Å². The van der Waals surface area contributed by atoms with Gasteiger partial charge in [0.25, 0.3) is 0 Å². The van der Waals surface area contributed by atoms with Gasteiger partial charge in [-0.05, 0) is 44.7 Å². The summed E-state index contributed by atoms with van der Waals surface area (Å²) in [5.74, 6) is -0.938. The number of ether oxygens (including phenoxy) is 1. The minimum absolute atomic E-state index is 0.132. The molecule has 0 spiro atoms. The molecule has 7 N–H and O–H groups in total. The van der Waals surface area contributed by atoms with E-state index in [4.69, 9.17) is 4.74 Å². The molecule has 2 heterocycles. The Labute approximate surface area is 233 Å². The lowest BCUT2D eigenvalue weighted by molar-refractivity contribution is -0.136. The number of piperidine rings is 1. The molecule has 0 bridgehead atoms. The topological polar surface area (TPSA) is 155 Å². The number of likely N-dealkylation sites (tertiary alicyclic amines) is 1. The van der Waals surface area contributed by atoms with Crippen LogP contribution in [-0.4, -0.2) is 110 Å². The van der Waals surface area contributed by atoms with Gasteiger partial charge in [-0.3, -0.25) is 4.79 Å². The second-order valence-corrected chi connectivity index (χ2v) is 10.7. The summed E-state index contributed by atoms with van der Waals surface area (Å²) in [7, 11) is 0. The molecule has 40 heavy (non-hydrogen) atoms. The van der Waals surface area contributed by atoms with Crippen LogP contribution >= 0.6 is 0 Å². The Bertz CT molecular complexity index is 924. The van der Waals surface area contributed by atoms with Gasteiger partial charge in [0.05, 0.1) is 32.8 Å². The lowest BCUT2D eigenvalue weighted by Gasteiger charge is -2.39. The quantitative estimate of drug-likeness (QED) is 0.134. The van der Waals surface area contributed by atoms with Crippen molar-refractivity contribution in [1.82, 2.24) is 26.2 Å². The van der Waals surface area contributed by atoms with Crippen LogP contribution in [0.1, 0.15) is 31.2 Å². The fourth-order valence-electron chi connectivity index (χ4n) is 4.85. The number of carbonyl (C=O) groups excluding carboxylic acids is 2. The molecule has 226 valence electrons. The summed E-state index contributed by atoms with van der Waals surface area (Å²) in [5, 5.41) is 39.1. The molecule has 0 unspecified atom stereocenters. The third-order valence-corrected chi connectivity index (χ3v) is 7.54. The number of halogens is 2. The van der Waals surface area contributed by atoms with E-state index in [1.165, 1.54) is 0 Å². The number of aliphatic hydroxyl groups is 3. The number of benzene rings is 1. The zero-order valence-electron chi connectivity index (χ0n) is 22.9. The van der Waals surface area contributed by atoms with E-state index in [9.17, 15) is 33.7 Å². The fourth-order valence-corrected chi connectivity index (χ4v) is 4.85. The molecule has 0 radical (unpaired) electrons. The number of nitrogens with one attached hydrogen (secondary N) is 4. The molecule has 3 amide bonds. The molecular weight excluding hydrogens is 528 g/mol. The first-order chi connectivity index (χ1) is 19.3. The van der Waals surface area contributed by atoms with E-state index in [1.807, 2.05) is 0 Å². The van der Waals surface area contributed by atoms with Gasteiger partial charge in [-0.25, -0.2) is 13.6 Å². The fraction of sp³-hybridized carbons (Fsp3) is 0.704. The van der Waals surface area contributed by atoms with E-state index < -0.39 is 43.0 Å². The minimum atomic E-state index is -1.49. The monoisotopic (exact) mass is 571 g/mol. The Balaban J connectivity index is 1.29. The highest BCUT2D eigenvalue weighted by Gasteiger charge is 2.32. The van der Waals surface area contributed by atoms with Crippen LogP contribution in [0.15, 0.2) is 12.1 Å². The molecule has 3 rings (SSSR count). The maximum atomic E-state index is 14.6. The lowest BCUT2D eigenvalue weighted by Crippen LogP contribution is -2.59. The average molecular weight is 572 g/mol. The lowest BCUT2D eigenvalue weighted by atomic mass is 9.93. The number of nitrogens with zero attached hydrogens (tertiary/aromatic N) is 1. The molecule has 2 aliphatic heterocycles. The van der Waals surface area contributed by atoms with Crippen LogP contribution in [0.4, 0.5) is 13.6 Å². The van der Waals surface area contributed by atoms with Crippen LogP contribution in [0, 0.1) is 23.5 Å². The highest BCUT2D eigenvalue weighted by Crippen LogP contribution is 2.24. The molecule has 0 aliphatic carbocycles. The second kappa shape index (κ2) is 16.0. The summed E-state index contributed by atoms with van der Waals surface area (Å²) in [4.78, 5) is 26.0. The highest BCUT2D eigenvalue weighted by molar-refractivity contribution is 5.79. The van der Waals surface area contributed by atoms with E-state index >= 15 is 0 Å². The summed E-state index contributed by atoms with van der Waals surface area (Å²) in [6, 6.07) is 1.65. The molecule has 0 saturated carbocycles. The van der Waals surface area contributed by atoms with Crippen LogP contribution < -0.4 is 26.0 Å². The van der Waals surface area contributed by atoms with Crippen molar-refractivity contribution in [2.24, 2.45) is 11.8 Å². The van der Waals surface area contributed by atoms with Crippen molar-refractivity contribution in [2.75, 3.05) is 72.2 Å². The largest absolute Gasteiger partial charge is 0.493 e. The highest BCUT2D eigenvalue weighted by atomic mass is 19.1. The van der Waals surface area contributed by atoms with Crippen molar-refractivity contribution >= 4 is 11.9 Å². The number of carbonyl (C=O) groups is 2. The predicted octanol–water partition coefficient (Wildman–Crippen LogP) is -0.271. The third-order valence-electron chi connectivity index (χ3n) is 7.54. The molecule has 0 aromatic heterocycles. The molecule has 11 nitrogen and oxygen atoms in total. The predicted molar refractivity (Wildman–Crippen MR) is 144 cm³/mol. The number of urea groups is 1. The van der Waals surface area contributed by atoms with Crippen molar-refractivity contribution < 1.29 is 38.4 Å². The van der Waals surface area contributed by atoms with Gasteiger partial charge >= 0.3 is 6.03 Å². The van der Waals surface area contributed by atoms with Crippen LogP contribution in [0.3, 0.4) is 0 Å². The molecule has 0 atom stereocenters. The Hall–Kier alpha value is -2.58. The van der Waals surface area contributed by atoms with E-state index in [2.05, 4.69) is 21.3 Å². The molecule has 1 aromatic carbocycles. The normalized spacial score (nSPS) is 16.5. The number of hydrogen-bond acceptors (Lipinski definition) is 8. The van der Waals surface area contributed by atoms with Crippen molar-refractivity contribution in [2.45, 2.75) is 37.6 Å². The van der Waals surface area contributed by atoms with Crippen molar-refractivity contribution in [1.29, 1.82) is 0 Å². The first-order valence-corrected chi connectivity index (χ1v) is 14.0. The second-order valence-electron chi connectivity index (χ2n) is 10.7. The molecule has 2 aliphatic rings. The summed E-state index contributed by atoms with van der Waals surface area (Å²) in [6.07, 6.45) is 3.78. The first-order valence-electron chi connectivity index (χ1n) is 14.0. The van der Waals surface area contributed by atoms with Crippen molar-refractivity contribution in [3.63, 3.8) is 0 Å². The summed E-state index contributed by atoms with van der Waals surface area (Å²) in [5.41, 5.74) is -1.75. The van der Waals surface area contributed by atoms with Crippen LogP contribution in [0.25, 0.3) is 0 Å². The number of amides is 3. The number of aliphatic hydroxyl groups excluding tert-OH is 3. The van der Waals surface area contributed by atoms with Gasteiger partial charge in [0.2, 0.25) is 5.91 Å². The number of rotatable bonds is 16. The summed E-state index contributed by atoms with van der Waals surface area (Å²) in [6.45, 7) is 2.84. The zero-order valence-corrected chi connectivity index (χ0v) is 22.9. The minimum Gasteiger partial charge on any atom is -0.493 e. The van der Waals surface area contributed by atoms with E-state index in [0.29, 0.717) is 38.7 Å². The van der Waals surface area contributed by atoms with Crippen molar-refractivity contribution in [3.05, 3.63) is 29.3 Å².